The number of nitrogens with zero attached hydrogens (tertiary/aromatic N) is 2. The number of aromatic nitrogens is 1. The molecule has 4 heteroatoms. The Balaban J connectivity index is 2.19. The van der Waals surface area contributed by atoms with Gasteiger partial charge in [-0.1, -0.05) is 34.1 Å². The lowest BCUT2D eigenvalue weighted by atomic mass is 10.1. The smallest absolute Gasteiger partial charge is 0.144 e. The molecule has 0 unspecified atom stereocenters. The van der Waals surface area contributed by atoms with Crippen molar-refractivity contribution in [3.05, 3.63) is 57.7 Å². The Labute approximate surface area is 115 Å². The summed E-state index contributed by atoms with van der Waals surface area (Å²) in [6, 6.07) is 12.0. The highest BCUT2D eigenvalue weighted by Crippen LogP contribution is 2.19. The van der Waals surface area contributed by atoms with E-state index in [1.54, 1.807) is 6.20 Å². The molecular weight excluding hydrogens is 290 g/mol. The molecule has 1 heterocycles. The molecule has 3 nitrogen and oxygen atoms in total. The molecule has 0 saturated carbocycles. The van der Waals surface area contributed by atoms with Crippen molar-refractivity contribution in [1.29, 1.82) is 5.26 Å². The van der Waals surface area contributed by atoms with Gasteiger partial charge in [0.25, 0.3) is 0 Å². The Morgan fingerprint density at radius 3 is 2.83 bits per heavy atom. The zero-order valence-corrected chi connectivity index (χ0v) is 11.5. The third-order valence-corrected chi connectivity index (χ3v) is 3.45. The van der Waals surface area contributed by atoms with Crippen molar-refractivity contribution in [2.45, 2.75) is 13.5 Å². The maximum absolute atomic E-state index is 9.11. The standard InChI is InChI=1S/C14H12BrN3/c1-10-6-7-17-14(12(10)8-16)18-9-11-4-2-3-5-13(11)15/h2-7H,9H2,1H3,(H,17,18). The average molecular weight is 302 g/mol. The van der Waals surface area contributed by atoms with E-state index < -0.39 is 0 Å². The van der Waals surface area contributed by atoms with Crippen LogP contribution in [-0.4, -0.2) is 4.98 Å². The number of rotatable bonds is 3. The fraction of sp³-hybridized carbons (Fsp3) is 0.143. The van der Waals surface area contributed by atoms with E-state index in [0.29, 0.717) is 17.9 Å². The SMILES string of the molecule is Cc1ccnc(NCc2ccccc2Br)c1C#N. The van der Waals surface area contributed by atoms with Crippen LogP contribution in [0.4, 0.5) is 5.82 Å². The van der Waals surface area contributed by atoms with E-state index in [0.717, 1.165) is 15.6 Å². The van der Waals surface area contributed by atoms with Crippen LogP contribution < -0.4 is 5.32 Å². The van der Waals surface area contributed by atoms with Gasteiger partial charge >= 0.3 is 0 Å². The van der Waals surface area contributed by atoms with E-state index in [2.05, 4.69) is 32.3 Å². The summed E-state index contributed by atoms with van der Waals surface area (Å²) in [5, 5.41) is 12.3. The molecule has 90 valence electrons. The van der Waals surface area contributed by atoms with Crippen LogP contribution in [0.25, 0.3) is 0 Å². The molecule has 0 fully saturated rings. The minimum atomic E-state index is 0.601. The van der Waals surface area contributed by atoms with Crippen LogP contribution in [0.1, 0.15) is 16.7 Å². The third-order valence-electron chi connectivity index (χ3n) is 2.68. The van der Waals surface area contributed by atoms with Gasteiger partial charge in [0, 0.05) is 17.2 Å². The van der Waals surface area contributed by atoms with Gasteiger partial charge in [-0.3, -0.25) is 0 Å². The molecule has 0 radical (unpaired) electrons. The lowest BCUT2D eigenvalue weighted by molar-refractivity contribution is 1.09. The number of benzene rings is 1. The molecule has 0 saturated heterocycles. The van der Waals surface area contributed by atoms with E-state index in [4.69, 9.17) is 5.26 Å². The van der Waals surface area contributed by atoms with E-state index in [1.165, 1.54) is 0 Å². The maximum atomic E-state index is 9.11. The highest BCUT2D eigenvalue weighted by molar-refractivity contribution is 9.10. The predicted octanol–water partition coefficient (Wildman–Crippen LogP) is 3.64. The average Bonchev–Trinajstić information content (AvgIpc) is 2.38. The van der Waals surface area contributed by atoms with Crippen molar-refractivity contribution in [3.8, 4) is 6.07 Å². The zero-order valence-electron chi connectivity index (χ0n) is 9.94. The lowest BCUT2D eigenvalue weighted by Crippen LogP contribution is -2.04. The number of halogens is 1. The summed E-state index contributed by atoms with van der Waals surface area (Å²) < 4.78 is 1.05. The number of hydrogen-bond donors (Lipinski definition) is 1. The maximum Gasteiger partial charge on any atom is 0.144 e. The van der Waals surface area contributed by atoms with Crippen molar-refractivity contribution in [2.24, 2.45) is 0 Å². The summed E-state index contributed by atoms with van der Waals surface area (Å²) in [4.78, 5) is 4.21. The van der Waals surface area contributed by atoms with E-state index >= 15 is 0 Å². The molecule has 0 bridgehead atoms. The Morgan fingerprint density at radius 2 is 2.11 bits per heavy atom. The molecule has 1 N–H and O–H groups in total. The van der Waals surface area contributed by atoms with Crippen LogP contribution in [0.2, 0.25) is 0 Å². The predicted molar refractivity (Wildman–Crippen MR) is 75.2 cm³/mol. The van der Waals surface area contributed by atoms with Crippen molar-refractivity contribution in [3.63, 3.8) is 0 Å². The highest BCUT2D eigenvalue weighted by atomic mass is 79.9. The first kappa shape index (κ1) is 12.6. The van der Waals surface area contributed by atoms with Gasteiger partial charge in [-0.2, -0.15) is 5.26 Å². The first-order chi connectivity index (χ1) is 8.72. The lowest BCUT2D eigenvalue weighted by Gasteiger charge is -2.09. The first-order valence-electron chi connectivity index (χ1n) is 5.55. The third kappa shape index (κ3) is 2.69. The summed E-state index contributed by atoms with van der Waals surface area (Å²) in [5.74, 6) is 0.633. The van der Waals surface area contributed by atoms with Gasteiger partial charge in [0.1, 0.15) is 11.9 Å². The van der Waals surface area contributed by atoms with Crippen molar-refractivity contribution >= 4 is 21.7 Å². The second kappa shape index (κ2) is 5.65. The number of pyridine rings is 1. The van der Waals surface area contributed by atoms with E-state index in [-0.39, 0.29) is 0 Å². The Hall–Kier alpha value is -1.86. The number of aryl methyl sites for hydroxylation is 1. The Morgan fingerprint density at radius 1 is 1.33 bits per heavy atom. The van der Waals surface area contributed by atoms with Gasteiger partial charge in [0.15, 0.2) is 0 Å². The molecule has 2 rings (SSSR count). The molecule has 0 aliphatic heterocycles. The largest absolute Gasteiger partial charge is 0.365 e. The molecule has 0 atom stereocenters. The van der Waals surface area contributed by atoms with Crippen LogP contribution in [0.5, 0.6) is 0 Å². The summed E-state index contributed by atoms with van der Waals surface area (Å²) in [7, 11) is 0. The molecule has 0 amide bonds. The Bertz CT molecular complexity index is 602. The highest BCUT2D eigenvalue weighted by Gasteiger charge is 2.06. The van der Waals surface area contributed by atoms with Gasteiger partial charge in [0.05, 0.1) is 5.56 Å². The molecule has 2 aromatic rings. The fourth-order valence-electron chi connectivity index (χ4n) is 1.65. The monoisotopic (exact) mass is 301 g/mol. The fourth-order valence-corrected chi connectivity index (χ4v) is 2.08. The number of anilines is 1. The summed E-state index contributed by atoms with van der Waals surface area (Å²) in [6.45, 7) is 2.54. The van der Waals surface area contributed by atoms with Crippen LogP contribution in [0.15, 0.2) is 41.0 Å². The molecule has 0 aliphatic rings. The van der Waals surface area contributed by atoms with Gasteiger partial charge < -0.3 is 5.32 Å². The normalized spacial score (nSPS) is 9.83. The molecule has 1 aromatic carbocycles. The molecule has 1 aromatic heterocycles. The first-order valence-corrected chi connectivity index (χ1v) is 6.34. The molecule has 18 heavy (non-hydrogen) atoms. The number of hydrogen-bond acceptors (Lipinski definition) is 3. The summed E-state index contributed by atoms with van der Waals surface area (Å²) >= 11 is 3.49. The quantitative estimate of drug-likeness (QED) is 0.941. The van der Waals surface area contributed by atoms with Gasteiger partial charge in [-0.25, -0.2) is 4.98 Å². The van der Waals surface area contributed by atoms with Gasteiger partial charge in [-0.05, 0) is 30.2 Å². The zero-order chi connectivity index (χ0) is 13.0. The number of nitriles is 1. The molecular formula is C14H12BrN3. The molecule has 0 spiro atoms. The minimum absolute atomic E-state index is 0.601. The van der Waals surface area contributed by atoms with Crippen molar-refractivity contribution in [1.82, 2.24) is 4.98 Å². The van der Waals surface area contributed by atoms with E-state index in [9.17, 15) is 0 Å². The van der Waals surface area contributed by atoms with Crippen LogP contribution in [-0.2, 0) is 6.54 Å². The Kier molecular flexibility index (Phi) is 3.96. The summed E-state index contributed by atoms with van der Waals surface area (Å²) in [6.07, 6.45) is 1.71. The second-order valence-corrected chi connectivity index (χ2v) is 4.76. The topological polar surface area (TPSA) is 48.7 Å². The molecule has 0 aliphatic carbocycles. The van der Waals surface area contributed by atoms with Gasteiger partial charge in [0.2, 0.25) is 0 Å². The minimum Gasteiger partial charge on any atom is -0.365 e. The van der Waals surface area contributed by atoms with E-state index in [1.807, 2.05) is 37.3 Å². The van der Waals surface area contributed by atoms with Crippen LogP contribution >= 0.6 is 15.9 Å². The number of nitrogens with one attached hydrogen (secondary N) is 1. The van der Waals surface area contributed by atoms with Gasteiger partial charge in [-0.15, -0.1) is 0 Å². The van der Waals surface area contributed by atoms with Crippen LogP contribution in [0, 0.1) is 18.3 Å². The summed E-state index contributed by atoms with van der Waals surface area (Å²) in [5.41, 5.74) is 2.66. The second-order valence-electron chi connectivity index (χ2n) is 3.91. The van der Waals surface area contributed by atoms with Crippen molar-refractivity contribution < 1.29 is 0 Å². The van der Waals surface area contributed by atoms with Crippen molar-refractivity contribution in [2.75, 3.05) is 5.32 Å². The van der Waals surface area contributed by atoms with Crippen LogP contribution in [0.3, 0.4) is 0 Å².